The monoisotopic (exact) mass is 294 g/mol. The minimum atomic E-state index is -0.458. The molecule has 0 aromatic carbocycles. The van der Waals surface area contributed by atoms with Crippen LogP contribution in [-0.4, -0.2) is 35.7 Å². The quantitative estimate of drug-likeness (QED) is 0.929. The van der Waals surface area contributed by atoms with Gasteiger partial charge in [-0.05, 0) is 59.2 Å². The second kappa shape index (κ2) is 6.52. The number of hydrogen-bond acceptors (Lipinski definition) is 4. The van der Waals surface area contributed by atoms with Crippen molar-refractivity contribution in [2.75, 3.05) is 13.1 Å². The molecular formula is C16H26N2O3. The summed E-state index contributed by atoms with van der Waals surface area (Å²) in [7, 11) is 0. The van der Waals surface area contributed by atoms with Gasteiger partial charge >= 0.3 is 6.09 Å². The summed E-state index contributed by atoms with van der Waals surface area (Å²) in [5, 5.41) is 2.97. The van der Waals surface area contributed by atoms with Crippen LogP contribution in [0, 0.1) is 0 Å². The number of nitrogens with one attached hydrogen (secondary N) is 1. The number of amides is 1. The fourth-order valence-electron chi connectivity index (χ4n) is 2.66. The molecule has 1 saturated heterocycles. The van der Waals surface area contributed by atoms with Crippen molar-refractivity contribution in [3.8, 4) is 0 Å². The zero-order valence-electron chi connectivity index (χ0n) is 13.4. The van der Waals surface area contributed by atoms with E-state index in [0.29, 0.717) is 0 Å². The molecule has 1 N–H and O–H groups in total. The molecule has 118 valence electrons. The minimum absolute atomic E-state index is 0.131. The lowest BCUT2D eigenvalue weighted by Gasteiger charge is -2.36. The van der Waals surface area contributed by atoms with Crippen LogP contribution < -0.4 is 5.32 Å². The summed E-state index contributed by atoms with van der Waals surface area (Å²) in [6.45, 7) is 9.60. The lowest BCUT2D eigenvalue weighted by atomic mass is 10.0. The van der Waals surface area contributed by atoms with Crippen LogP contribution in [0.5, 0.6) is 0 Å². The first-order chi connectivity index (χ1) is 9.85. The molecule has 2 atom stereocenters. The SMILES string of the molecule is C[C@H](c1ccco1)N1CCC[C@@H](NC(=O)OC(C)(C)C)C1. The summed E-state index contributed by atoms with van der Waals surface area (Å²) in [5.74, 6) is 0.966. The second-order valence-corrected chi connectivity index (χ2v) is 6.67. The Bertz CT molecular complexity index is 451. The van der Waals surface area contributed by atoms with Crippen molar-refractivity contribution in [3.63, 3.8) is 0 Å². The lowest BCUT2D eigenvalue weighted by molar-refractivity contribution is 0.0453. The largest absolute Gasteiger partial charge is 0.468 e. The Hall–Kier alpha value is -1.49. The van der Waals surface area contributed by atoms with E-state index in [0.717, 1.165) is 31.7 Å². The van der Waals surface area contributed by atoms with Crippen molar-refractivity contribution in [3.05, 3.63) is 24.2 Å². The summed E-state index contributed by atoms with van der Waals surface area (Å²) < 4.78 is 10.8. The summed E-state index contributed by atoms with van der Waals surface area (Å²) in [6, 6.07) is 4.26. The molecule has 2 rings (SSSR count). The molecule has 1 amide bonds. The highest BCUT2D eigenvalue weighted by Crippen LogP contribution is 2.24. The standard InChI is InChI=1S/C16H26N2O3/c1-12(14-8-6-10-20-14)18-9-5-7-13(11-18)17-15(19)21-16(2,3)4/h6,8,10,12-13H,5,7,9,11H2,1-4H3,(H,17,19)/t12-,13-/m1/s1. The topological polar surface area (TPSA) is 54.7 Å². The van der Waals surface area contributed by atoms with Gasteiger partial charge in [0, 0.05) is 12.6 Å². The molecule has 1 aliphatic heterocycles. The molecular weight excluding hydrogens is 268 g/mol. The predicted molar refractivity (Wildman–Crippen MR) is 81.1 cm³/mol. The molecule has 1 aliphatic rings. The van der Waals surface area contributed by atoms with Crippen molar-refractivity contribution in [1.29, 1.82) is 0 Å². The second-order valence-electron chi connectivity index (χ2n) is 6.67. The average Bonchev–Trinajstić information content (AvgIpc) is 2.89. The Morgan fingerprint density at radius 3 is 2.90 bits per heavy atom. The first-order valence-electron chi connectivity index (χ1n) is 7.62. The van der Waals surface area contributed by atoms with E-state index in [9.17, 15) is 4.79 Å². The van der Waals surface area contributed by atoms with Gasteiger partial charge in [-0.25, -0.2) is 4.79 Å². The van der Waals surface area contributed by atoms with E-state index in [4.69, 9.17) is 9.15 Å². The highest BCUT2D eigenvalue weighted by Gasteiger charge is 2.27. The van der Waals surface area contributed by atoms with E-state index < -0.39 is 5.60 Å². The van der Waals surface area contributed by atoms with Gasteiger partial charge in [-0.2, -0.15) is 0 Å². The van der Waals surface area contributed by atoms with Gasteiger partial charge in [-0.15, -0.1) is 0 Å². The zero-order chi connectivity index (χ0) is 15.5. The van der Waals surface area contributed by atoms with Crippen LogP contribution in [0.4, 0.5) is 4.79 Å². The third kappa shape index (κ3) is 4.77. The zero-order valence-corrected chi connectivity index (χ0v) is 13.4. The molecule has 5 heteroatoms. The number of nitrogens with zero attached hydrogens (tertiary/aromatic N) is 1. The van der Waals surface area contributed by atoms with Crippen molar-refractivity contribution in [1.82, 2.24) is 10.2 Å². The number of carbonyl (C=O) groups is 1. The summed E-state index contributed by atoms with van der Waals surface area (Å²) in [5.41, 5.74) is -0.458. The number of furan rings is 1. The van der Waals surface area contributed by atoms with Gasteiger partial charge in [0.1, 0.15) is 11.4 Å². The molecule has 1 fully saturated rings. The molecule has 21 heavy (non-hydrogen) atoms. The van der Waals surface area contributed by atoms with E-state index >= 15 is 0 Å². The van der Waals surface area contributed by atoms with Crippen LogP contribution in [0.25, 0.3) is 0 Å². The molecule has 0 aliphatic carbocycles. The van der Waals surface area contributed by atoms with Gasteiger partial charge in [0.25, 0.3) is 0 Å². The maximum absolute atomic E-state index is 11.9. The minimum Gasteiger partial charge on any atom is -0.468 e. The Labute approximate surface area is 126 Å². The van der Waals surface area contributed by atoms with Crippen LogP contribution >= 0.6 is 0 Å². The lowest BCUT2D eigenvalue weighted by Crippen LogP contribution is -2.49. The number of hydrogen-bond donors (Lipinski definition) is 1. The van der Waals surface area contributed by atoms with Gasteiger partial charge in [0.05, 0.1) is 12.3 Å². The molecule has 0 bridgehead atoms. The third-order valence-corrected chi connectivity index (χ3v) is 3.68. The van der Waals surface area contributed by atoms with Crippen molar-refractivity contribution in [2.24, 2.45) is 0 Å². The number of ether oxygens (including phenoxy) is 1. The first-order valence-corrected chi connectivity index (χ1v) is 7.62. The molecule has 0 spiro atoms. The maximum Gasteiger partial charge on any atom is 0.407 e. The van der Waals surface area contributed by atoms with Crippen molar-refractivity contribution < 1.29 is 13.9 Å². The Balaban J connectivity index is 1.87. The Kier molecular flexibility index (Phi) is 4.93. The van der Waals surface area contributed by atoms with Crippen LogP contribution in [-0.2, 0) is 4.74 Å². The number of alkyl carbamates (subject to hydrolysis) is 1. The van der Waals surface area contributed by atoms with Gasteiger partial charge in [-0.3, -0.25) is 4.90 Å². The van der Waals surface area contributed by atoms with Crippen LogP contribution in [0.3, 0.4) is 0 Å². The molecule has 1 aromatic rings. The number of rotatable bonds is 3. The third-order valence-electron chi connectivity index (χ3n) is 3.68. The smallest absolute Gasteiger partial charge is 0.407 e. The van der Waals surface area contributed by atoms with E-state index in [2.05, 4.69) is 17.1 Å². The first kappa shape index (κ1) is 15.9. The average molecular weight is 294 g/mol. The van der Waals surface area contributed by atoms with Gasteiger partial charge in [0.2, 0.25) is 0 Å². The van der Waals surface area contributed by atoms with Crippen molar-refractivity contribution in [2.45, 2.75) is 58.2 Å². The van der Waals surface area contributed by atoms with Gasteiger partial charge < -0.3 is 14.5 Å². The van der Waals surface area contributed by atoms with E-state index in [1.165, 1.54) is 0 Å². The molecule has 0 unspecified atom stereocenters. The normalized spacial score (nSPS) is 21.8. The van der Waals surface area contributed by atoms with E-state index in [1.807, 2.05) is 32.9 Å². The highest BCUT2D eigenvalue weighted by atomic mass is 16.6. The summed E-state index contributed by atoms with van der Waals surface area (Å²) >= 11 is 0. The number of likely N-dealkylation sites (tertiary alicyclic amines) is 1. The van der Waals surface area contributed by atoms with Gasteiger partial charge in [-0.1, -0.05) is 0 Å². The van der Waals surface area contributed by atoms with Crippen LogP contribution in [0.2, 0.25) is 0 Å². The molecule has 5 nitrogen and oxygen atoms in total. The molecule has 1 aromatic heterocycles. The number of piperidine rings is 1. The molecule has 2 heterocycles. The predicted octanol–water partition coefficient (Wildman–Crippen LogP) is 3.33. The van der Waals surface area contributed by atoms with Crippen LogP contribution in [0.15, 0.2) is 22.8 Å². The Morgan fingerprint density at radius 2 is 2.29 bits per heavy atom. The van der Waals surface area contributed by atoms with Crippen LogP contribution in [0.1, 0.15) is 52.3 Å². The molecule has 0 saturated carbocycles. The van der Waals surface area contributed by atoms with Gasteiger partial charge in [0.15, 0.2) is 0 Å². The summed E-state index contributed by atoms with van der Waals surface area (Å²) in [4.78, 5) is 14.2. The van der Waals surface area contributed by atoms with E-state index in [1.54, 1.807) is 6.26 Å². The molecule has 0 radical (unpaired) electrons. The number of carbonyl (C=O) groups excluding carboxylic acids is 1. The fourth-order valence-corrected chi connectivity index (χ4v) is 2.66. The Morgan fingerprint density at radius 1 is 1.52 bits per heavy atom. The van der Waals surface area contributed by atoms with Crippen molar-refractivity contribution >= 4 is 6.09 Å². The maximum atomic E-state index is 11.9. The summed E-state index contributed by atoms with van der Waals surface area (Å²) in [6.07, 6.45) is 3.42. The fraction of sp³-hybridized carbons (Fsp3) is 0.688. The van der Waals surface area contributed by atoms with E-state index in [-0.39, 0.29) is 18.2 Å². The highest BCUT2D eigenvalue weighted by molar-refractivity contribution is 5.68.